The van der Waals surface area contributed by atoms with E-state index in [9.17, 15) is 4.79 Å². The zero-order chi connectivity index (χ0) is 13.2. The summed E-state index contributed by atoms with van der Waals surface area (Å²) in [6, 6.07) is 13.5. The molecular weight excluding hydrogens is 256 g/mol. The number of fused-ring (bicyclic) bond motifs is 1. The van der Waals surface area contributed by atoms with E-state index >= 15 is 0 Å². The van der Waals surface area contributed by atoms with Gasteiger partial charge in [-0.05, 0) is 24.3 Å². The largest absolute Gasteiger partial charge is 0.305 e. The van der Waals surface area contributed by atoms with Gasteiger partial charge in [0.1, 0.15) is 5.69 Å². The van der Waals surface area contributed by atoms with Gasteiger partial charge in [-0.15, -0.1) is 11.8 Å². The maximum Gasteiger partial charge on any atom is 0.276 e. The van der Waals surface area contributed by atoms with E-state index in [-0.39, 0.29) is 5.91 Å². The Morgan fingerprint density at radius 2 is 2.05 bits per heavy atom. The van der Waals surface area contributed by atoms with Crippen molar-refractivity contribution in [3.05, 3.63) is 54.4 Å². The third-order valence-electron chi connectivity index (χ3n) is 3.05. The first kappa shape index (κ1) is 12.2. The molecule has 0 radical (unpaired) electrons. The number of amides is 1. The van der Waals surface area contributed by atoms with Gasteiger partial charge < -0.3 is 4.90 Å². The second kappa shape index (κ2) is 5.05. The van der Waals surface area contributed by atoms with Crippen LogP contribution in [0.1, 0.15) is 17.4 Å². The normalized spacial score (nSPS) is 17.9. The summed E-state index contributed by atoms with van der Waals surface area (Å²) in [4.78, 5) is 19.7. The number of aromatic nitrogens is 1. The smallest absolute Gasteiger partial charge is 0.276 e. The second-order valence-electron chi connectivity index (χ2n) is 4.53. The summed E-state index contributed by atoms with van der Waals surface area (Å²) in [5.41, 5.74) is 1.48. The molecule has 3 rings (SSSR count). The van der Waals surface area contributed by atoms with Crippen molar-refractivity contribution in [1.29, 1.82) is 0 Å². The summed E-state index contributed by atoms with van der Waals surface area (Å²) in [5, 5.41) is 0.391. The molecule has 1 amide bonds. The first-order valence-corrected chi connectivity index (χ1v) is 7.12. The van der Waals surface area contributed by atoms with E-state index in [1.807, 2.05) is 47.0 Å². The van der Waals surface area contributed by atoms with Crippen LogP contribution in [0.15, 0.2) is 53.6 Å². The molecule has 1 aliphatic rings. The van der Waals surface area contributed by atoms with Crippen LogP contribution < -0.4 is 4.90 Å². The van der Waals surface area contributed by atoms with Gasteiger partial charge in [0.15, 0.2) is 0 Å². The zero-order valence-electron chi connectivity index (χ0n) is 10.6. The van der Waals surface area contributed by atoms with E-state index in [1.54, 1.807) is 12.3 Å². The Balaban J connectivity index is 1.99. The van der Waals surface area contributed by atoms with Gasteiger partial charge >= 0.3 is 0 Å². The van der Waals surface area contributed by atoms with E-state index in [2.05, 4.69) is 18.0 Å². The molecular formula is C15H14N2OS. The van der Waals surface area contributed by atoms with Gasteiger partial charge in [0.05, 0.1) is 5.69 Å². The van der Waals surface area contributed by atoms with Gasteiger partial charge in [-0.1, -0.05) is 25.1 Å². The van der Waals surface area contributed by atoms with Gasteiger partial charge in [-0.25, -0.2) is 0 Å². The fourth-order valence-electron chi connectivity index (χ4n) is 2.21. The Morgan fingerprint density at radius 3 is 2.84 bits per heavy atom. The highest BCUT2D eigenvalue weighted by Crippen LogP contribution is 2.38. The van der Waals surface area contributed by atoms with E-state index in [0.717, 1.165) is 17.1 Å². The summed E-state index contributed by atoms with van der Waals surface area (Å²) in [5.74, 6) is -0.0276. The van der Waals surface area contributed by atoms with Crippen LogP contribution in [0.3, 0.4) is 0 Å². The fraction of sp³-hybridized carbons (Fsp3) is 0.200. The van der Waals surface area contributed by atoms with Crippen LogP contribution in [0.5, 0.6) is 0 Å². The number of hydrogen-bond acceptors (Lipinski definition) is 3. The van der Waals surface area contributed by atoms with Gasteiger partial charge in [-0.3, -0.25) is 9.78 Å². The van der Waals surface area contributed by atoms with Crippen LogP contribution in [0, 0.1) is 0 Å². The molecule has 1 atom stereocenters. The molecule has 0 saturated heterocycles. The molecule has 0 bridgehead atoms. The van der Waals surface area contributed by atoms with Gasteiger partial charge in [0.25, 0.3) is 5.91 Å². The van der Waals surface area contributed by atoms with Gasteiger partial charge in [0, 0.05) is 22.9 Å². The van der Waals surface area contributed by atoms with Crippen molar-refractivity contribution < 1.29 is 4.79 Å². The topological polar surface area (TPSA) is 33.2 Å². The molecule has 1 unspecified atom stereocenters. The summed E-state index contributed by atoms with van der Waals surface area (Å²) in [7, 11) is 0. The van der Waals surface area contributed by atoms with Crippen molar-refractivity contribution in [3.63, 3.8) is 0 Å². The lowest BCUT2D eigenvalue weighted by atomic mass is 10.2. The average molecular weight is 270 g/mol. The van der Waals surface area contributed by atoms with Crippen LogP contribution in [0.25, 0.3) is 0 Å². The third-order valence-corrected chi connectivity index (χ3v) is 4.20. The molecule has 0 fully saturated rings. The molecule has 1 aromatic heterocycles. The predicted octanol–water partition coefficient (Wildman–Crippen LogP) is 3.22. The first-order chi connectivity index (χ1) is 9.25. The molecule has 1 aromatic carbocycles. The summed E-state index contributed by atoms with van der Waals surface area (Å²) < 4.78 is 0. The Labute approximate surface area is 116 Å². The van der Waals surface area contributed by atoms with Crippen LogP contribution in [0.2, 0.25) is 0 Å². The van der Waals surface area contributed by atoms with Crippen LogP contribution in [-0.2, 0) is 0 Å². The Hall–Kier alpha value is -1.81. The predicted molar refractivity (Wildman–Crippen MR) is 77.7 cm³/mol. The first-order valence-electron chi connectivity index (χ1n) is 6.24. The minimum Gasteiger partial charge on any atom is -0.305 e. The number of pyridine rings is 1. The standard InChI is InChI=1S/C15H14N2OS/c1-11-10-17(13-7-2-3-8-14(13)19-11)15(18)12-6-4-5-9-16-12/h2-9,11H,10H2,1H3. The van der Waals surface area contributed by atoms with Crippen molar-refractivity contribution in [3.8, 4) is 0 Å². The number of nitrogens with zero attached hydrogens (tertiary/aromatic N) is 2. The number of hydrogen-bond donors (Lipinski definition) is 0. The van der Waals surface area contributed by atoms with Crippen molar-refractivity contribution in [2.75, 3.05) is 11.4 Å². The Morgan fingerprint density at radius 1 is 1.26 bits per heavy atom. The lowest BCUT2D eigenvalue weighted by Crippen LogP contribution is -2.38. The number of rotatable bonds is 1. The van der Waals surface area contributed by atoms with Crippen molar-refractivity contribution in [2.24, 2.45) is 0 Å². The molecule has 0 saturated carbocycles. The lowest BCUT2D eigenvalue weighted by molar-refractivity contribution is 0.0981. The minimum atomic E-state index is -0.0276. The molecule has 0 N–H and O–H groups in total. The lowest BCUT2D eigenvalue weighted by Gasteiger charge is -2.32. The van der Waals surface area contributed by atoms with Crippen LogP contribution in [0.4, 0.5) is 5.69 Å². The van der Waals surface area contributed by atoms with Gasteiger partial charge in [0.2, 0.25) is 0 Å². The number of benzene rings is 1. The van der Waals surface area contributed by atoms with Crippen LogP contribution >= 0.6 is 11.8 Å². The SMILES string of the molecule is CC1CN(C(=O)c2ccccn2)c2ccccc2S1. The Bertz CT molecular complexity index is 600. The number of carbonyl (C=O) groups is 1. The molecule has 1 aliphatic heterocycles. The number of thioether (sulfide) groups is 1. The Kier molecular flexibility index (Phi) is 3.25. The number of para-hydroxylation sites is 1. The van der Waals surface area contributed by atoms with E-state index < -0.39 is 0 Å². The van der Waals surface area contributed by atoms with Crippen LogP contribution in [-0.4, -0.2) is 22.7 Å². The summed E-state index contributed by atoms with van der Waals surface area (Å²) >= 11 is 1.81. The highest BCUT2D eigenvalue weighted by atomic mass is 32.2. The number of anilines is 1. The van der Waals surface area contributed by atoms with Crippen molar-refractivity contribution in [1.82, 2.24) is 4.98 Å². The van der Waals surface area contributed by atoms with E-state index in [0.29, 0.717) is 10.9 Å². The molecule has 4 heteroatoms. The highest BCUT2D eigenvalue weighted by Gasteiger charge is 2.27. The minimum absolute atomic E-state index is 0.0276. The average Bonchev–Trinajstić information content (AvgIpc) is 2.46. The maximum atomic E-state index is 12.6. The molecule has 0 spiro atoms. The van der Waals surface area contributed by atoms with Crippen molar-refractivity contribution >= 4 is 23.4 Å². The highest BCUT2D eigenvalue weighted by molar-refractivity contribution is 8.00. The summed E-state index contributed by atoms with van der Waals surface area (Å²) in [6.45, 7) is 2.86. The van der Waals surface area contributed by atoms with Crippen molar-refractivity contribution in [2.45, 2.75) is 17.1 Å². The quantitative estimate of drug-likeness (QED) is 0.797. The zero-order valence-corrected chi connectivity index (χ0v) is 11.4. The summed E-state index contributed by atoms with van der Waals surface area (Å²) in [6.07, 6.45) is 1.65. The maximum absolute atomic E-state index is 12.6. The molecule has 19 heavy (non-hydrogen) atoms. The van der Waals surface area contributed by atoms with Gasteiger partial charge in [-0.2, -0.15) is 0 Å². The van der Waals surface area contributed by atoms with E-state index in [4.69, 9.17) is 0 Å². The fourth-order valence-corrected chi connectivity index (χ4v) is 3.32. The number of carbonyl (C=O) groups excluding carboxylic acids is 1. The molecule has 0 aliphatic carbocycles. The molecule has 3 nitrogen and oxygen atoms in total. The third kappa shape index (κ3) is 2.36. The monoisotopic (exact) mass is 270 g/mol. The molecule has 2 heterocycles. The molecule has 2 aromatic rings. The molecule has 96 valence electrons. The van der Waals surface area contributed by atoms with E-state index in [1.165, 1.54) is 0 Å². The second-order valence-corrected chi connectivity index (χ2v) is 6.01.